The molecule has 0 aromatic heterocycles. The van der Waals surface area contributed by atoms with Gasteiger partial charge < -0.3 is 15.0 Å². The summed E-state index contributed by atoms with van der Waals surface area (Å²) in [6.07, 6.45) is 0.0435. The lowest BCUT2D eigenvalue weighted by Crippen LogP contribution is -2.52. The third kappa shape index (κ3) is 3.57. The first kappa shape index (κ1) is 18.7. The Kier molecular flexibility index (Phi) is 5.16. The van der Waals surface area contributed by atoms with Crippen molar-refractivity contribution in [2.75, 3.05) is 26.2 Å². The topological polar surface area (TPSA) is 41.6 Å². The molecule has 5 atom stereocenters. The summed E-state index contributed by atoms with van der Waals surface area (Å²) in [5.74, 6) is 1.75. The highest BCUT2D eigenvalue weighted by Gasteiger charge is 2.58. The second-order valence-electron chi connectivity index (χ2n) is 8.65. The molecule has 3 aliphatic rings. The molecule has 1 amide bonds. The van der Waals surface area contributed by atoms with Crippen molar-refractivity contribution < 1.29 is 9.53 Å². The Morgan fingerprint density at radius 3 is 2.36 bits per heavy atom. The van der Waals surface area contributed by atoms with Crippen LogP contribution in [0.4, 0.5) is 0 Å². The first-order valence-electron chi connectivity index (χ1n) is 9.15. The van der Waals surface area contributed by atoms with Crippen LogP contribution in [0.25, 0.3) is 0 Å². The summed E-state index contributed by atoms with van der Waals surface area (Å²) in [6, 6.07) is 10.3. The summed E-state index contributed by atoms with van der Waals surface area (Å²) in [5.41, 5.74) is 1.19. The molecule has 4 rings (SSSR count). The van der Waals surface area contributed by atoms with Gasteiger partial charge in [0.1, 0.15) is 6.10 Å². The van der Waals surface area contributed by atoms with Gasteiger partial charge in [0.05, 0.1) is 12.6 Å². The highest BCUT2D eigenvalue weighted by molar-refractivity contribution is 5.85. The van der Waals surface area contributed by atoms with E-state index in [-0.39, 0.29) is 35.9 Å². The van der Waals surface area contributed by atoms with E-state index in [1.165, 1.54) is 5.56 Å². The number of piperidine rings is 1. The van der Waals surface area contributed by atoms with E-state index in [0.717, 1.165) is 19.6 Å². The molecule has 0 bridgehead atoms. The van der Waals surface area contributed by atoms with E-state index in [9.17, 15) is 4.79 Å². The third-order valence-corrected chi connectivity index (χ3v) is 5.93. The predicted molar refractivity (Wildman–Crippen MR) is 101 cm³/mol. The summed E-state index contributed by atoms with van der Waals surface area (Å²) in [4.78, 5) is 15.1. The number of morpholine rings is 1. The summed E-state index contributed by atoms with van der Waals surface area (Å²) >= 11 is 0. The van der Waals surface area contributed by atoms with Gasteiger partial charge in [0.25, 0.3) is 0 Å². The second kappa shape index (κ2) is 6.90. The van der Waals surface area contributed by atoms with Gasteiger partial charge >= 0.3 is 0 Å². The fraction of sp³-hybridized carbons (Fsp3) is 0.650. The maximum Gasteiger partial charge on any atom is 0.226 e. The van der Waals surface area contributed by atoms with Crippen LogP contribution in [-0.4, -0.2) is 43.1 Å². The Morgan fingerprint density at radius 2 is 1.76 bits per heavy atom. The molecule has 1 saturated carbocycles. The van der Waals surface area contributed by atoms with Crippen molar-refractivity contribution >= 4 is 18.3 Å². The number of carbonyl (C=O) groups is 1. The van der Waals surface area contributed by atoms with Crippen molar-refractivity contribution in [1.82, 2.24) is 10.2 Å². The van der Waals surface area contributed by atoms with Crippen molar-refractivity contribution in [3.05, 3.63) is 35.9 Å². The van der Waals surface area contributed by atoms with Gasteiger partial charge in [-0.2, -0.15) is 0 Å². The van der Waals surface area contributed by atoms with Crippen molar-refractivity contribution in [2.45, 2.75) is 33.0 Å². The number of halogens is 1. The lowest BCUT2D eigenvalue weighted by atomic mass is 9.87. The molecule has 25 heavy (non-hydrogen) atoms. The van der Waals surface area contributed by atoms with Crippen LogP contribution in [0, 0.1) is 23.2 Å². The van der Waals surface area contributed by atoms with E-state index in [1.807, 2.05) is 18.2 Å². The van der Waals surface area contributed by atoms with E-state index in [4.69, 9.17) is 4.74 Å². The van der Waals surface area contributed by atoms with Crippen LogP contribution in [0.3, 0.4) is 0 Å². The number of amides is 1. The lowest BCUT2D eigenvalue weighted by Gasteiger charge is -2.43. The van der Waals surface area contributed by atoms with Gasteiger partial charge in [-0.3, -0.25) is 4.79 Å². The van der Waals surface area contributed by atoms with Gasteiger partial charge in [0, 0.05) is 12.5 Å². The quantitative estimate of drug-likeness (QED) is 0.877. The summed E-state index contributed by atoms with van der Waals surface area (Å²) < 4.78 is 6.41. The molecule has 1 aromatic rings. The summed E-state index contributed by atoms with van der Waals surface area (Å²) in [7, 11) is 0. The smallest absolute Gasteiger partial charge is 0.226 e. The average molecular weight is 365 g/mol. The van der Waals surface area contributed by atoms with Crippen LogP contribution in [0.5, 0.6) is 0 Å². The maximum absolute atomic E-state index is 13.1. The molecule has 5 heteroatoms. The monoisotopic (exact) mass is 364 g/mol. The molecule has 2 heterocycles. The van der Waals surface area contributed by atoms with E-state index < -0.39 is 0 Å². The fourth-order valence-corrected chi connectivity index (χ4v) is 4.26. The van der Waals surface area contributed by atoms with Gasteiger partial charge in [-0.1, -0.05) is 51.1 Å². The van der Waals surface area contributed by atoms with Crippen molar-refractivity contribution in [3.63, 3.8) is 0 Å². The highest BCUT2D eigenvalue weighted by atomic mass is 35.5. The first-order chi connectivity index (χ1) is 11.4. The Morgan fingerprint density at radius 1 is 1.12 bits per heavy atom. The number of carbonyl (C=O) groups excluding carboxylic acids is 1. The SMILES string of the molecule is CC(C)(C)[C@H]1CN(C(=O)C2[C@H]3CNC[C@@H]23)C[C@@H](c2ccccc2)O1.Cl. The van der Waals surface area contributed by atoms with Gasteiger partial charge in [-0.15, -0.1) is 12.4 Å². The summed E-state index contributed by atoms with van der Waals surface area (Å²) in [5, 5.41) is 3.38. The number of nitrogens with zero attached hydrogens (tertiary/aromatic N) is 1. The minimum Gasteiger partial charge on any atom is -0.366 e. The van der Waals surface area contributed by atoms with Crippen LogP contribution < -0.4 is 5.32 Å². The number of rotatable bonds is 2. The van der Waals surface area contributed by atoms with Crippen molar-refractivity contribution in [2.24, 2.45) is 23.2 Å². The van der Waals surface area contributed by atoms with Crippen molar-refractivity contribution in [1.29, 1.82) is 0 Å². The second-order valence-corrected chi connectivity index (χ2v) is 8.65. The molecule has 4 nitrogen and oxygen atoms in total. The normalized spacial score (nSPS) is 34.2. The summed E-state index contributed by atoms with van der Waals surface area (Å²) in [6.45, 7) is 10.0. The van der Waals surface area contributed by atoms with E-state index >= 15 is 0 Å². The Balaban J connectivity index is 0.00000182. The zero-order valence-electron chi connectivity index (χ0n) is 15.3. The zero-order valence-corrected chi connectivity index (χ0v) is 16.1. The van der Waals surface area contributed by atoms with Crippen LogP contribution in [0.2, 0.25) is 0 Å². The largest absolute Gasteiger partial charge is 0.366 e. The number of hydrogen-bond donors (Lipinski definition) is 1. The van der Waals surface area contributed by atoms with Gasteiger partial charge in [-0.25, -0.2) is 0 Å². The molecule has 1 aromatic carbocycles. The molecule has 3 fully saturated rings. The van der Waals surface area contributed by atoms with Crippen LogP contribution in [0.1, 0.15) is 32.4 Å². The van der Waals surface area contributed by atoms with Crippen LogP contribution >= 0.6 is 12.4 Å². The molecule has 0 spiro atoms. The number of hydrogen-bond acceptors (Lipinski definition) is 3. The Hall–Kier alpha value is -1.10. The molecule has 2 saturated heterocycles. The predicted octanol–water partition coefficient (Wildman–Crippen LogP) is 2.89. The third-order valence-electron chi connectivity index (χ3n) is 5.93. The standard InChI is InChI=1S/C20H28N2O2.ClH/c1-20(2,3)17-12-22(19(23)18-14-9-21-10-15(14)18)11-16(24-17)13-7-5-4-6-8-13;/h4-8,14-18,21H,9-12H2,1-3H3;1H/t14-,15+,16-,17+,18?;/m0./s1. The number of benzene rings is 1. The van der Waals surface area contributed by atoms with E-state index in [1.54, 1.807) is 0 Å². The molecule has 1 aliphatic carbocycles. The Bertz CT molecular complexity index is 606. The van der Waals surface area contributed by atoms with Gasteiger partial charge in [0.15, 0.2) is 0 Å². The number of fused-ring (bicyclic) bond motifs is 1. The molecule has 0 radical (unpaired) electrons. The minimum absolute atomic E-state index is 0. The first-order valence-corrected chi connectivity index (χ1v) is 9.15. The van der Waals surface area contributed by atoms with E-state index in [2.05, 4.69) is 43.1 Å². The average Bonchev–Trinajstić information content (AvgIpc) is 3.05. The molecule has 2 aliphatic heterocycles. The highest BCUT2D eigenvalue weighted by Crippen LogP contribution is 2.50. The molecular weight excluding hydrogens is 336 g/mol. The molecule has 1 unspecified atom stereocenters. The minimum atomic E-state index is -0.0233. The molecule has 1 N–H and O–H groups in total. The Labute approximate surface area is 156 Å². The number of ether oxygens (including phenoxy) is 1. The maximum atomic E-state index is 13.1. The number of nitrogens with one attached hydrogen (secondary N) is 1. The lowest BCUT2D eigenvalue weighted by molar-refractivity contribution is -0.158. The van der Waals surface area contributed by atoms with Gasteiger partial charge in [-0.05, 0) is 35.9 Å². The van der Waals surface area contributed by atoms with Crippen LogP contribution in [-0.2, 0) is 9.53 Å². The van der Waals surface area contributed by atoms with Gasteiger partial charge in [0.2, 0.25) is 5.91 Å². The van der Waals surface area contributed by atoms with Crippen molar-refractivity contribution in [3.8, 4) is 0 Å². The van der Waals surface area contributed by atoms with E-state index in [0.29, 0.717) is 24.3 Å². The fourth-order valence-electron chi connectivity index (χ4n) is 4.26. The molecule has 138 valence electrons. The zero-order chi connectivity index (χ0) is 16.9. The van der Waals surface area contributed by atoms with Crippen LogP contribution in [0.15, 0.2) is 30.3 Å². The molecular formula is C20H29ClN2O2.